The lowest BCUT2D eigenvalue weighted by atomic mass is 9.82. The Hall–Kier alpha value is -3.32. The van der Waals surface area contributed by atoms with E-state index in [2.05, 4.69) is 0 Å². The molecule has 0 fully saturated rings. The van der Waals surface area contributed by atoms with E-state index in [0.717, 1.165) is 0 Å². The third-order valence-electron chi connectivity index (χ3n) is 5.01. The van der Waals surface area contributed by atoms with Gasteiger partial charge in [0.05, 0.1) is 16.8 Å². The summed E-state index contributed by atoms with van der Waals surface area (Å²) in [4.78, 5) is 36.7. The van der Waals surface area contributed by atoms with Crippen molar-refractivity contribution in [3.8, 4) is 17.2 Å². The summed E-state index contributed by atoms with van der Waals surface area (Å²) in [6.45, 7) is 2.85. The number of aryl methyl sites for hydroxylation is 1. The molecule has 1 atom stereocenters. The molecule has 2 heterocycles. The van der Waals surface area contributed by atoms with E-state index < -0.39 is 29.0 Å². The highest BCUT2D eigenvalue weighted by Gasteiger charge is 2.37. The van der Waals surface area contributed by atoms with Gasteiger partial charge >= 0.3 is 11.6 Å². The van der Waals surface area contributed by atoms with E-state index in [1.54, 1.807) is 13.0 Å². The summed E-state index contributed by atoms with van der Waals surface area (Å²) in [7, 11) is 0. The number of hydrogen-bond acceptors (Lipinski definition) is 7. The van der Waals surface area contributed by atoms with Crippen LogP contribution in [0.25, 0.3) is 11.0 Å². The lowest BCUT2D eigenvalue weighted by Crippen LogP contribution is -2.23. The van der Waals surface area contributed by atoms with Crippen LogP contribution in [-0.2, 0) is 4.79 Å². The summed E-state index contributed by atoms with van der Waals surface area (Å²) >= 11 is 6.04. The van der Waals surface area contributed by atoms with Gasteiger partial charge in [0.1, 0.15) is 22.6 Å². The summed E-state index contributed by atoms with van der Waals surface area (Å²) in [5.41, 5.74) is 0.494. The van der Waals surface area contributed by atoms with Crippen LogP contribution >= 0.6 is 11.6 Å². The average molecular weight is 415 g/mol. The Balaban J connectivity index is 2.17. The molecule has 29 heavy (non-hydrogen) atoms. The smallest absolute Gasteiger partial charge is 0.336 e. The molecule has 2 aromatic carbocycles. The zero-order chi connectivity index (χ0) is 21.0. The molecule has 7 nitrogen and oxygen atoms in total. The van der Waals surface area contributed by atoms with Crippen molar-refractivity contribution in [2.75, 3.05) is 0 Å². The summed E-state index contributed by atoms with van der Waals surface area (Å²) in [6, 6.07) is 5.66. The van der Waals surface area contributed by atoms with Crippen molar-refractivity contribution < 1.29 is 29.0 Å². The molecule has 0 bridgehead atoms. The molecule has 0 amide bonds. The molecule has 2 N–H and O–H groups in total. The van der Waals surface area contributed by atoms with Crippen molar-refractivity contribution in [3.05, 3.63) is 62.0 Å². The lowest BCUT2D eigenvalue weighted by molar-refractivity contribution is -0.135. The predicted octanol–water partition coefficient (Wildman–Crippen LogP) is 3.81. The van der Waals surface area contributed by atoms with Gasteiger partial charge in [-0.05, 0) is 37.1 Å². The molecule has 0 unspecified atom stereocenters. The number of halogens is 1. The van der Waals surface area contributed by atoms with Crippen molar-refractivity contribution in [2.24, 2.45) is 0 Å². The van der Waals surface area contributed by atoms with Crippen LogP contribution < -0.4 is 10.4 Å². The Morgan fingerprint density at radius 1 is 1.21 bits per heavy atom. The van der Waals surface area contributed by atoms with Crippen LogP contribution in [0.5, 0.6) is 17.2 Å². The monoisotopic (exact) mass is 414 g/mol. The van der Waals surface area contributed by atoms with Crippen LogP contribution in [0.2, 0.25) is 5.02 Å². The number of aromatic hydroxyl groups is 2. The third-order valence-corrected chi connectivity index (χ3v) is 5.31. The largest absolute Gasteiger partial charge is 0.506 e. The Morgan fingerprint density at radius 2 is 1.93 bits per heavy atom. The molecule has 1 aliphatic rings. The normalized spacial score (nSPS) is 15.8. The van der Waals surface area contributed by atoms with Gasteiger partial charge < -0.3 is 19.4 Å². The van der Waals surface area contributed by atoms with Gasteiger partial charge in [0.2, 0.25) is 0 Å². The van der Waals surface area contributed by atoms with Crippen LogP contribution in [0.1, 0.15) is 46.3 Å². The lowest BCUT2D eigenvalue weighted by Gasteiger charge is -2.28. The minimum Gasteiger partial charge on any atom is -0.506 e. The number of ketones is 1. The van der Waals surface area contributed by atoms with Crippen LogP contribution in [0.3, 0.4) is 0 Å². The first kappa shape index (κ1) is 19.0. The maximum Gasteiger partial charge on any atom is 0.336 e. The third kappa shape index (κ3) is 2.94. The quantitative estimate of drug-likeness (QED) is 0.283. The summed E-state index contributed by atoms with van der Waals surface area (Å²) in [5.74, 6) is -2.48. The fourth-order valence-corrected chi connectivity index (χ4v) is 3.95. The maximum atomic E-state index is 12.3. The molecule has 0 radical (unpaired) electrons. The first-order valence-electron chi connectivity index (χ1n) is 8.72. The molecule has 3 aromatic rings. The predicted molar refractivity (Wildman–Crippen MR) is 104 cm³/mol. The van der Waals surface area contributed by atoms with Crippen molar-refractivity contribution in [2.45, 2.75) is 26.2 Å². The SMILES string of the molecule is CC(=O)c1c2c(c3oc(=O)cc(C)c3c1O)[C@H](c1ccc(O)c(Cl)c1)CC(=O)O2. The molecule has 1 aliphatic heterocycles. The van der Waals surface area contributed by atoms with E-state index in [4.69, 9.17) is 20.8 Å². The molecule has 0 spiro atoms. The van der Waals surface area contributed by atoms with Crippen molar-refractivity contribution in [3.63, 3.8) is 0 Å². The summed E-state index contributed by atoms with van der Waals surface area (Å²) in [6.07, 6.45) is -0.108. The zero-order valence-electron chi connectivity index (χ0n) is 15.4. The number of carbonyl (C=O) groups excluding carboxylic acids is 2. The molecular weight excluding hydrogens is 400 g/mol. The molecule has 4 rings (SSSR count). The van der Waals surface area contributed by atoms with E-state index in [1.807, 2.05) is 0 Å². The Kier molecular flexibility index (Phi) is 4.35. The summed E-state index contributed by atoms with van der Waals surface area (Å²) < 4.78 is 10.7. The second kappa shape index (κ2) is 6.63. The van der Waals surface area contributed by atoms with Crippen molar-refractivity contribution >= 4 is 34.3 Å². The number of carbonyl (C=O) groups is 2. The van der Waals surface area contributed by atoms with E-state index >= 15 is 0 Å². The first-order valence-corrected chi connectivity index (χ1v) is 9.10. The van der Waals surface area contributed by atoms with Gasteiger partial charge in [-0.3, -0.25) is 9.59 Å². The number of Topliss-reactive ketones (excluding diaryl/α,β-unsaturated/α-hetero) is 1. The minimum atomic E-state index is -0.671. The number of hydrogen-bond donors (Lipinski definition) is 2. The van der Waals surface area contributed by atoms with Gasteiger partial charge in [-0.1, -0.05) is 17.7 Å². The van der Waals surface area contributed by atoms with Gasteiger partial charge in [0.25, 0.3) is 0 Å². The summed E-state index contributed by atoms with van der Waals surface area (Å²) in [5, 5.41) is 20.7. The highest BCUT2D eigenvalue weighted by Crippen LogP contribution is 2.49. The number of benzene rings is 2. The topological polar surface area (TPSA) is 114 Å². The molecule has 0 aliphatic carbocycles. The number of phenols is 2. The fraction of sp³-hybridized carbons (Fsp3) is 0.190. The molecular formula is C21H15ClO7. The number of phenolic OH excluding ortho intramolecular Hbond substituents is 2. The number of fused-ring (bicyclic) bond motifs is 3. The first-order chi connectivity index (χ1) is 13.7. The van der Waals surface area contributed by atoms with Gasteiger partial charge in [-0.2, -0.15) is 0 Å². The van der Waals surface area contributed by atoms with Crippen LogP contribution in [0.15, 0.2) is 33.5 Å². The maximum absolute atomic E-state index is 12.3. The van der Waals surface area contributed by atoms with E-state index in [1.165, 1.54) is 25.1 Å². The zero-order valence-corrected chi connectivity index (χ0v) is 16.2. The number of ether oxygens (including phenoxy) is 1. The molecule has 0 saturated carbocycles. The standard InChI is InChI=1S/C21H15ClO7/c1-8-5-14(25)28-20-16(8)19(27)17(9(2)23)21-18(20)11(7-15(26)29-21)10-3-4-13(24)12(22)6-10/h3-6,11,24,27H,7H2,1-2H3/t11-/m0/s1. The van der Waals surface area contributed by atoms with Gasteiger partial charge in [0.15, 0.2) is 11.5 Å². The Bertz CT molecular complexity index is 1270. The van der Waals surface area contributed by atoms with Crippen LogP contribution in [0.4, 0.5) is 0 Å². The fourth-order valence-electron chi connectivity index (χ4n) is 3.76. The second-order valence-corrected chi connectivity index (χ2v) is 7.32. The molecule has 8 heteroatoms. The van der Waals surface area contributed by atoms with Crippen molar-refractivity contribution in [1.29, 1.82) is 0 Å². The highest BCUT2D eigenvalue weighted by atomic mass is 35.5. The van der Waals surface area contributed by atoms with E-state index in [-0.39, 0.29) is 39.5 Å². The molecule has 1 aromatic heterocycles. The number of rotatable bonds is 2. The van der Waals surface area contributed by atoms with Gasteiger partial charge in [0, 0.05) is 17.5 Å². The Morgan fingerprint density at radius 3 is 2.59 bits per heavy atom. The molecule has 0 saturated heterocycles. The molecule has 148 valence electrons. The van der Waals surface area contributed by atoms with Crippen LogP contribution in [0, 0.1) is 6.92 Å². The Labute approximate surface area is 169 Å². The second-order valence-electron chi connectivity index (χ2n) is 6.92. The number of esters is 1. The van der Waals surface area contributed by atoms with Crippen molar-refractivity contribution in [1.82, 2.24) is 0 Å². The van der Waals surface area contributed by atoms with E-state index in [0.29, 0.717) is 16.7 Å². The van der Waals surface area contributed by atoms with Crippen LogP contribution in [-0.4, -0.2) is 22.0 Å². The highest BCUT2D eigenvalue weighted by molar-refractivity contribution is 6.32. The minimum absolute atomic E-state index is 0.0363. The average Bonchev–Trinajstić information content (AvgIpc) is 2.62. The van der Waals surface area contributed by atoms with Gasteiger partial charge in [-0.25, -0.2) is 4.79 Å². The van der Waals surface area contributed by atoms with E-state index in [9.17, 15) is 24.6 Å². The van der Waals surface area contributed by atoms with Gasteiger partial charge in [-0.15, -0.1) is 0 Å².